The summed E-state index contributed by atoms with van der Waals surface area (Å²) in [6.45, 7) is 13.7. The normalized spacial score (nSPS) is 14.1. The van der Waals surface area contributed by atoms with Crippen molar-refractivity contribution in [1.82, 2.24) is 4.73 Å². The SMILES string of the molecule is C/C(=C\CC(=O)On1ccc(COCC[N+](C)(C)C)cc1=S)CCCC(C)CCCC(C)CCCC(C)C. The van der Waals surface area contributed by atoms with Gasteiger partial charge in [0.25, 0.3) is 0 Å². The fourth-order valence-corrected chi connectivity index (χ4v) is 4.66. The highest BCUT2D eigenvalue weighted by molar-refractivity contribution is 7.71. The molecule has 38 heavy (non-hydrogen) atoms. The summed E-state index contributed by atoms with van der Waals surface area (Å²) in [6, 6.07) is 3.70. The Hall–Kier alpha value is -1.50. The molecule has 0 radical (unpaired) electrons. The molecule has 1 heterocycles. The van der Waals surface area contributed by atoms with Crippen LogP contribution in [-0.4, -0.2) is 49.5 Å². The maximum atomic E-state index is 12.4. The number of carbonyl (C=O) groups excluding carboxylic acids is 1. The van der Waals surface area contributed by atoms with Crippen LogP contribution in [0.1, 0.15) is 104 Å². The minimum Gasteiger partial charge on any atom is -0.371 e. The van der Waals surface area contributed by atoms with Crippen molar-refractivity contribution in [2.75, 3.05) is 34.3 Å². The van der Waals surface area contributed by atoms with E-state index in [-0.39, 0.29) is 12.4 Å². The van der Waals surface area contributed by atoms with Gasteiger partial charge in [0.1, 0.15) is 11.2 Å². The molecule has 5 nitrogen and oxygen atoms in total. The van der Waals surface area contributed by atoms with E-state index in [0.717, 1.165) is 40.8 Å². The second-order valence-corrected chi connectivity index (χ2v) is 13.3. The van der Waals surface area contributed by atoms with Crippen molar-refractivity contribution < 1.29 is 18.9 Å². The van der Waals surface area contributed by atoms with Crippen molar-refractivity contribution in [2.24, 2.45) is 17.8 Å². The van der Waals surface area contributed by atoms with Gasteiger partial charge in [0, 0.05) is 6.20 Å². The van der Waals surface area contributed by atoms with Crippen LogP contribution in [-0.2, 0) is 16.1 Å². The summed E-state index contributed by atoms with van der Waals surface area (Å²) in [5, 5.41) is 0. The topological polar surface area (TPSA) is 40.5 Å². The van der Waals surface area contributed by atoms with Crippen molar-refractivity contribution >= 4 is 18.2 Å². The molecule has 0 N–H and O–H groups in total. The van der Waals surface area contributed by atoms with E-state index in [9.17, 15) is 4.79 Å². The average molecular weight is 550 g/mol. The van der Waals surface area contributed by atoms with Gasteiger partial charge in [0.2, 0.25) is 0 Å². The molecule has 0 aliphatic rings. The third kappa shape index (κ3) is 17.9. The molecule has 0 aliphatic carbocycles. The Balaban J connectivity index is 2.26. The number of nitrogens with zero attached hydrogens (tertiary/aromatic N) is 2. The molecule has 2 unspecified atom stereocenters. The van der Waals surface area contributed by atoms with Crippen LogP contribution in [0.5, 0.6) is 0 Å². The number of pyridine rings is 1. The maximum Gasteiger partial charge on any atom is 0.336 e. The summed E-state index contributed by atoms with van der Waals surface area (Å²) < 4.78 is 8.44. The van der Waals surface area contributed by atoms with Crippen LogP contribution in [0.4, 0.5) is 0 Å². The number of rotatable bonds is 20. The van der Waals surface area contributed by atoms with Crippen LogP contribution < -0.4 is 4.84 Å². The standard InChI is InChI=1S/C32H57N2O3S/c1-26(2)12-9-13-27(3)14-10-15-28(4)16-11-17-29(5)18-19-32(35)37-33-21-20-30(24-31(33)38)25-36-23-22-34(6,7)8/h18,20-21,24,26-28H,9-17,19,22-23,25H2,1-8H3/q+1/b29-18+. The summed E-state index contributed by atoms with van der Waals surface area (Å²) >= 11 is 5.40. The van der Waals surface area contributed by atoms with Crippen LogP contribution >= 0.6 is 12.2 Å². The van der Waals surface area contributed by atoms with Crippen LogP contribution in [0, 0.1) is 22.4 Å². The largest absolute Gasteiger partial charge is 0.371 e. The van der Waals surface area contributed by atoms with Gasteiger partial charge < -0.3 is 14.1 Å². The summed E-state index contributed by atoms with van der Waals surface area (Å²) in [6.07, 6.45) is 15.5. The van der Waals surface area contributed by atoms with E-state index in [1.165, 1.54) is 61.7 Å². The Bertz CT molecular complexity index is 885. The summed E-state index contributed by atoms with van der Waals surface area (Å²) in [4.78, 5) is 17.8. The quantitative estimate of drug-likeness (QED) is 0.0712. The van der Waals surface area contributed by atoms with Gasteiger partial charge in [0.15, 0.2) is 0 Å². The Morgan fingerprint density at radius 1 is 1.00 bits per heavy atom. The Kier molecular flexibility index (Phi) is 17.0. The number of hydrogen-bond donors (Lipinski definition) is 0. The van der Waals surface area contributed by atoms with E-state index in [1.54, 1.807) is 6.20 Å². The first kappa shape index (κ1) is 34.5. The van der Waals surface area contributed by atoms with Gasteiger partial charge in [0.05, 0.1) is 40.8 Å². The molecular weight excluding hydrogens is 492 g/mol. The molecule has 0 fully saturated rings. The monoisotopic (exact) mass is 549 g/mol. The van der Waals surface area contributed by atoms with Gasteiger partial charge in [-0.2, -0.15) is 4.73 Å². The Morgan fingerprint density at radius 2 is 1.61 bits per heavy atom. The van der Waals surface area contributed by atoms with Crippen molar-refractivity contribution in [3.63, 3.8) is 0 Å². The van der Waals surface area contributed by atoms with Crippen molar-refractivity contribution in [3.05, 3.63) is 40.2 Å². The minimum absolute atomic E-state index is 0.258. The molecule has 0 spiro atoms. The van der Waals surface area contributed by atoms with Crippen molar-refractivity contribution in [3.8, 4) is 0 Å². The number of ether oxygens (including phenoxy) is 1. The molecule has 0 saturated heterocycles. The lowest BCUT2D eigenvalue weighted by atomic mass is 9.91. The molecule has 0 aromatic carbocycles. The van der Waals surface area contributed by atoms with Gasteiger partial charge in [-0.25, -0.2) is 4.79 Å². The van der Waals surface area contributed by atoms with E-state index in [0.29, 0.717) is 17.9 Å². The lowest BCUT2D eigenvalue weighted by molar-refractivity contribution is -0.870. The molecule has 6 heteroatoms. The summed E-state index contributed by atoms with van der Waals surface area (Å²) in [7, 11) is 6.42. The first-order valence-corrected chi connectivity index (χ1v) is 15.2. The molecule has 0 aliphatic heterocycles. The summed E-state index contributed by atoms with van der Waals surface area (Å²) in [5.41, 5.74) is 2.22. The molecule has 1 aromatic rings. The zero-order valence-electron chi connectivity index (χ0n) is 25.8. The molecule has 1 rings (SSSR count). The number of aromatic nitrogens is 1. The fraction of sp³-hybridized carbons (Fsp3) is 0.750. The van der Waals surface area contributed by atoms with Gasteiger partial charge in [-0.1, -0.05) is 96.5 Å². The zero-order chi connectivity index (χ0) is 28.6. The van der Waals surface area contributed by atoms with Gasteiger partial charge in [-0.15, -0.1) is 0 Å². The Morgan fingerprint density at radius 3 is 2.18 bits per heavy atom. The van der Waals surface area contributed by atoms with Crippen LogP contribution in [0.3, 0.4) is 0 Å². The van der Waals surface area contributed by atoms with Crippen LogP contribution in [0.25, 0.3) is 0 Å². The fourth-order valence-electron chi connectivity index (χ4n) is 4.41. The van der Waals surface area contributed by atoms with E-state index in [2.05, 4.69) is 55.8 Å². The molecule has 1 aromatic heterocycles. The molecule has 0 amide bonds. The number of carbonyl (C=O) groups is 1. The molecule has 0 bridgehead atoms. The Labute approximate surface area is 239 Å². The van der Waals surface area contributed by atoms with E-state index >= 15 is 0 Å². The zero-order valence-corrected chi connectivity index (χ0v) is 26.6. The number of quaternary nitrogens is 1. The molecule has 2 atom stereocenters. The van der Waals surface area contributed by atoms with Crippen LogP contribution in [0.15, 0.2) is 30.0 Å². The van der Waals surface area contributed by atoms with Gasteiger partial charge in [-0.05, 0) is 55.2 Å². The minimum atomic E-state index is -0.303. The van der Waals surface area contributed by atoms with E-state index < -0.39 is 0 Å². The third-order valence-electron chi connectivity index (χ3n) is 7.08. The first-order chi connectivity index (χ1) is 17.9. The predicted molar refractivity (Wildman–Crippen MR) is 163 cm³/mol. The summed E-state index contributed by atoms with van der Waals surface area (Å²) in [5.74, 6) is 2.15. The lowest BCUT2D eigenvalue weighted by Crippen LogP contribution is -2.37. The van der Waals surface area contributed by atoms with Crippen molar-refractivity contribution in [2.45, 2.75) is 105 Å². The number of likely N-dealkylation sites (N-methyl/N-ethyl adjacent to an activating group) is 1. The van der Waals surface area contributed by atoms with Gasteiger partial charge >= 0.3 is 5.97 Å². The number of allylic oxidation sites excluding steroid dienone is 1. The smallest absolute Gasteiger partial charge is 0.336 e. The molecular formula is C32H57N2O3S+. The van der Waals surface area contributed by atoms with E-state index in [1.807, 2.05) is 18.2 Å². The average Bonchev–Trinajstić information content (AvgIpc) is 2.81. The number of hydrogen-bond acceptors (Lipinski definition) is 4. The second kappa shape index (κ2) is 18.7. The van der Waals surface area contributed by atoms with Crippen molar-refractivity contribution in [1.29, 1.82) is 0 Å². The lowest BCUT2D eigenvalue weighted by Gasteiger charge is -2.23. The highest BCUT2D eigenvalue weighted by Crippen LogP contribution is 2.22. The molecule has 0 saturated carbocycles. The maximum absolute atomic E-state index is 12.4. The highest BCUT2D eigenvalue weighted by Gasteiger charge is 2.09. The van der Waals surface area contributed by atoms with Gasteiger partial charge in [-0.3, -0.25) is 0 Å². The van der Waals surface area contributed by atoms with Crippen LogP contribution in [0.2, 0.25) is 0 Å². The third-order valence-corrected chi connectivity index (χ3v) is 7.38. The highest BCUT2D eigenvalue weighted by atomic mass is 32.1. The van der Waals surface area contributed by atoms with E-state index in [4.69, 9.17) is 21.8 Å². The first-order valence-electron chi connectivity index (χ1n) is 14.8. The predicted octanol–water partition coefficient (Wildman–Crippen LogP) is 8.17. The second-order valence-electron chi connectivity index (χ2n) is 12.8. The molecule has 218 valence electrons.